The second kappa shape index (κ2) is 14.9. The first kappa shape index (κ1) is 40.5. The molecule has 9 nitrogen and oxygen atoms in total. The molecule has 15 heteroatoms. The van der Waals surface area contributed by atoms with Crippen molar-refractivity contribution in [1.82, 2.24) is 19.6 Å². The van der Waals surface area contributed by atoms with Gasteiger partial charge in [0.05, 0.1) is 43.0 Å². The van der Waals surface area contributed by atoms with Gasteiger partial charge in [-0.05, 0) is 87.3 Å². The average Bonchev–Trinajstić information content (AvgIpc) is 3.70. The van der Waals surface area contributed by atoms with E-state index in [0.29, 0.717) is 17.5 Å². The number of nitrogens with zero attached hydrogens (tertiary/aromatic N) is 4. The van der Waals surface area contributed by atoms with Crippen LogP contribution in [0, 0.1) is 22.7 Å². The van der Waals surface area contributed by atoms with Crippen LogP contribution in [0.2, 0.25) is 0 Å². The summed E-state index contributed by atoms with van der Waals surface area (Å²) >= 11 is 0. The molecule has 1 saturated carbocycles. The van der Waals surface area contributed by atoms with Crippen molar-refractivity contribution in [2.75, 3.05) is 32.8 Å². The molecule has 3 heterocycles. The van der Waals surface area contributed by atoms with Gasteiger partial charge in [-0.25, -0.2) is 4.79 Å². The molecule has 2 unspecified atom stereocenters. The van der Waals surface area contributed by atoms with Crippen molar-refractivity contribution in [3.05, 3.63) is 94.8 Å². The van der Waals surface area contributed by atoms with Crippen molar-refractivity contribution < 1.29 is 50.2 Å². The first-order valence-electron chi connectivity index (χ1n) is 19.2. The summed E-state index contributed by atoms with van der Waals surface area (Å²) in [4.78, 5) is 42.9. The number of esters is 1. The predicted molar refractivity (Wildman–Crippen MR) is 197 cm³/mol. The van der Waals surface area contributed by atoms with E-state index in [2.05, 4.69) is 5.10 Å². The van der Waals surface area contributed by atoms with Crippen molar-refractivity contribution in [1.29, 1.82) is 0 Å². The maximum Gasteiger partial charge on any atom is 0.403 e. The van der Waals surface area contributed by atoms with Gasteiger partial charge in [0.1, 0.15) is 11.0 Å². The molecule has 7 rings (SSSR count). The lowest BCUT2D eigenvalue weighted by Gasteiger charge is -2.51. The van der Waals surface area contributed by atoms with Gasteiger partial charge < -0.3 is 19.3 Å². The van der Waals surface area contributed by atoms with E-state index in [-0.39, 0.29) is 89.0 Å². The molecule has 3 aromatic rings. The standard InChI is InChI=1S/C42H46F6N4O5/c1-38(2,3)57-36(54)34-10-5-4-8-30(34)19-52-20-31(18-49-52)35(53)50-21-33(39(24-50)25-51(26-39)37(55)40(15-16-40)42(46,47)48)23-56-22-27-7-6-9-29(17-27)28-11-13-32(14-12-28)41(43,44)45/h4-11,17-18,20,32-33H,12-16,19,21-26H2,1-3H3. The fourth-order valence-electron chi connectivity index (χ4n) is 8.36. The Kier molecular flexibility index (Phi) is 10.6. The molecule has 1 aromatic heterocycles. The van der Waals surface area contributed by atoms with Gasteiger partial charge in [0.25, 0.3) is 5.91 Å². The van der Waals surface area contributed by atoms with E-state index >= 15 is 0 Å². The molecule has 0 radical (unpaired) electrons. The molecule has 3 fully saturated rings. The number of alkyl halides is 6. The zero-order valence-corrected chi connectivity index (χ0v) is 32.1. The summed E-state index contributed by atoms with van der Waals surface area (Å²) in [5.41, 5.74) is 0.0811. The van der Waals surface area contributed by atoms with Crippen molar-refractivity contribution in [3.8, 4) is 0 Å². The van der Waals surface area contributed by atoms with Crippen LogP contribution in [-0.4, -0.2) is 88.1 Å². The van der Waals surface area contributed by atoms with Gasteiger partial charge in [-0.1, -0.05) is 42.5 Å². The first-order chi connectivity index (χ1) is 26.8. The molecule has 2 atom stereocenters. The van der Waals surface area contributed by atoms with Gasteiger partial charge in [-0.3, -0.25) is 14.3 Å². The third-order valence-corrected chi connectivity index (χ3v) is 11.7. The van der Waals surface area contributed by atoms with E-state index in [1.807, 2.05) is 24.3 Å². The van der Waals surface area contributed by atoms with Crippen LogP contribution in [-0.2, 0) is 27.4 Å². The fraction of sp³-hybridized carbons (Fsp3) is 0.524. The molecule has 57 heavy (non-hydrogen) atoms. The number of amides is 2. The molecule has 2 saturated heterocycles. The number of aromatic nitrogens is 2. The van der Waals surface area contributed by atoms with Gasteiger partial charge in [0, 0.05) is 43.7 Å². The maximum atomic E-state index is 14.0. The second-order valence-electron chi connectivity index (χ2n) is 17.0. The van der Waals surface area contributed by atoms with E-state index in [9.17, 15) is 40.7 Å². The fourth-order valence-corrected chi connectivity index (χ4v) is 8.36. The molecule has 2 aliphatic heterocycles. The average molecular weight is 801 g/mol. The Morgan fingerprint density at radius 2 is 1.65 bits per heavy atom. The van der Waals surface area contributed by atoms with Crippen LogP contribution in [0.1, 0.15) is 90.3 Å². The molecule has 2 aromatic carbocycles. The normalized spacial score (nSPS) is 21.6. The minimum absolute atomic E-state index is 0.0293. The van der Waals surface area contributed by atoms with E-state index in [4.69, 9.17) is 9.47 Å². The quantitative estimate of drug-likeness (QED) is 0.152. The van der Waals surface area contributed by atoms with Gasteiger partial charge in [-0.15, -0.1) is 0 Å². The summed E-state index contributed by atoms with van der Waals surface area (Å²) in [5, 5.41) is 4.38. The number of hydrogen-bond acceptors (Lipinski definition) is 6. The highest BCUT2D eigenvalue weighted by atomic mass is 19.4. The number of rotatable bonds is 10. The number of halogens is 6. The topological polar surface area (TPSA) is 94.0 Å². The Morgan fingerprint density at radius 3 is 2.30 bits per heavy atom. The number of carbonyl (C=O) groups excluding carboxylic acids is 3. The smallest absolute Gasteiger partial charge is 0.403 e. The van der Waals surface area contributed by atoms with Gasteiger partial charge in [0.2, 0.25) is 5.91 Å². The molecule has 2 amide bonds. The predicted octanol–water partition coefficient (Wildman–Crippen LogP) is 8.09. The molecule has 306 valence electrons. The second-order valence-corrected chi connectivity index (χ2v) is 17.0. The zero-order valence-electron chi connectivity index (χ0n) is 32.1. The van der Waals surface area contributed by atoms with Gasteiger partial charge in [-0.2, -0.15) is 31.4 Å². The molecular weight excluding hydrogens is 754 g/mol. The van der Waals surface area contributed by atoms with Crippen LogP contribution in [0.3, 0.4) is 0 Å². The third-order valence-electron chi connectivity index (χ3n) is 11.7. The highest BCUT2D eigenvalue weighted by molar-refractivity contribution is 5.94. The Morgan fingerprint density at radius 1 is 0.930 bits per heavy atom. The lowest BCUT2D eigenvalue weighted by Crippen LogP contribution is -2.65. The maximum absolute atomic E-state index is 14.0. The van der Waals surface area contributed by atoms with E-state index in [0.717, 1.165) is 16.7 Å². The van der Waals surface area contributed by atoms with Crippen LogP contribution < -0.4 is 0 Å². The van der Waals surface area contributed by atoms with Crippen molar-refractivity contribution in [2.45, 2.75) is 84.0 Å². The van der Waals surface area contributed by atoms with Crippen molar-refractivity contribution in [3.63, 3.8) is 0 Å². The number of likely N-dealkylation sites (tertiary alicyclic amines) is 2. The zero-order chi connectivity index (χ0) is 41.0. The van der Waals surface area contributed by atoms with Crippen LogP contribution in [0.15, 0.2) is 67.0 Å². The lowest BCUT2D eigenvalue weighted by molar-refractivity contribution is -0.205. The number of benzene rings is 2. The Balaban J connectivity index is 1.03. The monoisotopic (exact) mass is 800 g/mol. The number of allylic oxidation sites excluding steroid dienone is 2. The Hall–Kier alpha value is -4.66. The van der Waals surface area contributed by atoms with Crippen LogP contribution in [0.25, 0.3) is 5.57 Å². The van der Waals surface area contributed by atoms with Gasteiger partial charge in [0.15, 0.2) is 0 Å². The third kappa shape index (κ3) is 8.49. The minimum Gasteiger partial charge on any atom is -0.456 e. The largest absolute Gasteiger partial charge is 0.456 e. The highest BCUT2D eigenvalue weighted by Crippen LogP contribution is 2.60. The SMILES string of the molecule is CC(C)(C)OC(=O)c1ccccc1Cn1cc(C(=O)N2CC(COCc3cccc(C4=CCC(C(F)(F)F)CC4)c3)C3(C2)CN(C(=O)C2(C(F)(F)F)CC2)C3)cn1. The summed E-state index contributed by atoms with van der Waals surface area (Å²) in [5.74, 6) is -3.38. The molecule has 4 aliphatic rings. The lowest BCUT2D eigenvalue weighted by atomic mass is 9.71. The molecule has 0 N–H and O–H groups in total. The van der Waals surface area contributed by atoms with E-state index in [1.54, 1.807) is 66.9 Å². The van der Waals surface area contributed by atoms with Crippen molar-refractivity contribution in [2.24, 2.45) is 22.7 Å². The Bertz CT molecular complexity index is 2040. The van der Waals surface area contributed by atoms with Crippen LogP contribution in [0.4, 0.5) is 26.3 Å². The molecule has 2 aliphatic carbocycles. The molecule has 1 spiro atoms. The highest BCUT2D eigenvalue weighted by Gasteiger charge is 2.71. The minimum atomic E-state index is -4.64. The van der Waals surface area contributed by atoms with E-state index in [1.165, 1.54) is 11.1 Å². The first-order valence-corrected chi connectivity index (χ1v) is 19.2. The summed E-state index contributed by atoms with van der Waals surface area (Å²) in [6.45, 7) is 6.43. The van der Waals surface area contributed by atoms with Crippen LogP contribution >= 0.6 is 0 Å². The van der Waals surface area contributed by atoms with Gasteiger partial charge >= 0.3 is 18.3 Å². The number of carbonyl (C=O) groups is 3. The summed E-state index contributed by atoms with van der Waals surface area (Å²) in [6.07, 6.45) is -4.39. The number of ether oxygens (including phenoxy) is 2. The summed E-state index contributed by atoms with van der Waals surface area (Å²) < 4.78 is 94.5. The van der Waals surface area contributed by atoms with Crippen molar-refractivity contribution >= 4 is 23.4 Å². The molecule has 0 bridgehead atoms. The number of hydrogen-bond donors (Lipinski definition) is 0. The van der Waals surface area contributed by atoms with Crippen LogP contribution in [0.5, 0.6) is 0 Å². The van der Waals surface area contributed by atoms with E-state index < -0.39 is 46.6 Å². The molecular formula is C42H46F6N4O5. The Labute approximate surface area is 327 Å². The summed E-state index contributed by atoms with van der Waals surface area (Å²) in [7, 11) is 0. The summed E-state index contributed by atoms with van der Waals surface area (Å²) in [6, 6.07) is 14.4.